The van der Waals surface area contributed by atoms with Crippen LogP contribution in [0, 0.1) is 20.2 Å². The molecule has 5 rings (SSSR count). The monoisotopic (exact) mass is 510 g/mol. The van der Waals surface area contributed by atoms with Gasteiger partial charge in [0, 0.05) is 24.3 Å². The van der Waals surface area contributed by atoms with Crippen LogP contribution in [-0.2, 0) is 0 Å². The number of nitrogens with zero attached hydrogens (tertiary/aromatic N) is 2. The highest BCUT2D eigenvalue weighted by molar-refractivity contribution is 5.41. The number of hydrogen-bond donors (Lipinski definition) is 0. The third-order valence-corrected chi connectivity index (χ3v) is 6.94. The predicted molar refractivity (Wildman–Crippen MR) is 143 cm³/mol. The van der Waals surface area contributed by atoms with Crippen molar-refractivity contribution in [3.63, 3.8) is 0 Å². The van der Waals surface area contributed by atoms with Gasteiger partial charge in [0.15, 0.2) is 0 Å². The molecule has 0 amide bonds. The summed E-state index contributed by atoms with van der Waals surface area (Å²) in [4.78, 5) is 20.8. The van der Waals surface area contributed by atoms with Gasteiger partial charge in [-0.2, -0.15) is 0 Å². The minimum Gasteiger partial charge on any atom is -0.457 e. The van der Waals surface area contributed by atoms with Gasteiger partial charge in [-0.25, -0.2) is 0 Å². The third-order valence-electron chi connectivity index (χ3n) is 6.94. The van der Waals surface area contributed by atoms with Crippen molar-refractivity contribution in [2.75, 3.05) is 0 Å². The van der Waals surface area contributed by atoms with Crippen LogP contribution in [0.2, 0.25) is 0 Å². The molecule has 4 aromatic rings. The molecule has 0 saturated heterocycles. The zero-order valence-corrected chi connectivity index (χ0v) is 20.6. The minimum atomic E-state index is -0.430. The summed E-state index contributed by atoms with van der Waals surface area (Å²) in [6, 6.07) is 28.3. The number of benzene rings is 4. The Bertz CT molecular complexity index is 1290. The highest BCUT2D eigenvalue weighted by atomic mass is 16.6. The van der Waals surface area contributed by atoms with E-state index in [9.17, 15) is 20.2 Å². The maximum absolute atomic E-state index is 10.8. The molecule has 0 heterocycles. The first kappa shape index (κ1) is 25.0. The zero-order valence-electron chi connectivity index (χ0n) is 20.6. The summed E-state index contributed by atoms with van der Waals surface area (Å²) in [6.45, 7) is 0. The Hall–Kier alpha value is -4.72. The Labute approximate surface area is 219 Å². The molecule has 1 aliphatic rings. The lowest BCUT2D eigenvalue weighted by Gasteiger charge is -2.30. The van der Waals surface area contributed by atoms with Gasteiger partial charge in [-0.3, -0.25) is 20.2 Å². The second-order valence-corrected chi connectivity index (χ2v) is 9.40. The summed E-state index contributed by atoms with van der Waals surface area (Å²) >= 11 is 0. The molecule has 0 radical (unpaired) electrons. The first-order valence-electron chi connectivity index (χ1n) is 12.5. The van der Waals surface area contributed by atoms with Gasteiger partial charge in [0.2, 0.25) is 0 Å². The zero-order chi connectivity index (χ0) is 26.5. The summed E-state index contributed by atoms with van der Waals surface area (Å²) in [7, 11) is 0. The molecule has 38 heavy (non-hydrogen) atoms. The number of nitro groups is 2. The lowest BCUT2D eigenvalue weighted by Crippen LogP contribution is -2.13. The Morgan fingerprint density at radius 1 is 0.526 bits per heavy atom. The van der Waals surface area contributed by atoms with E-state index >= 15 is 0 Å². The van der Waals surface area contributed by atoms with Crippen LogP contribution >= 0.6 is 0 Å². The van der Waals surface area contributed by atoms with Crippen LogP contribution in [0.1, 0.15) is 48.6 Å². The number of nitro benzene ring substituents is 2. The lowest BCUT2D eigenvalue weighted by atomic mass is 9.75. The highest BCUT2D eigenvalue weighted by Gasteiger charge is 2.24. The van der Waals surface area contributed by atoms with E-state index < -0.39 is 9.85 Å². The van der Waals surface area contributed by atoms with E-state index in [0.29, 0.717) is 34.8 Å². The van der Waals surface area contributed by atoms with Gasteiger partial charge in [0.1, 0.15) is 23.0 Å². The molecular weight excluding hydrogens is 484 g/mol. The van der Waals surface area contributed by atoms with E-state index in [1.807, 2.05) is 24.3 Å². The fourth-order valence-corrected chi connectivity index (χ4v) is 4.96. The van der Waals surface area contributed by atoms with Gasteiger partial charge < -0.3 is 9.47 Å². The Morgan fingerprint density at radius 2 is 0.842 bits per heavy atom. The summed E-state index contributed by atoms with van der Waals surface area (Å²) in [5, 5.41) is 21.6. The molecule has 0 aliphatic heterocycles. The van der Waals surface area contributed by atoms with Crippen molar-refractivity contribution in [2.24, 2.45) is 0 Å². The maximum Gasteiger partial charge on any atom is 0.269 e. The van der Waals surface area contributed by atoms with E-state index in [0.717, 1.165) is 25.7 Å². The highest BCUT2D eigenvalue weighted by Crippen LogP contribution is 2.42. The van der Waals surface area contributed by atoms with E-state index in [-0.39, 0.29) is 11.4 Å². The van der Waals surface area contributed by atoms with Crippen LogP contribution in [0.25, 0.3) is 0 Å². The van der Waals surface area contributed by atoms with Gasteiger partial charge in [-0.1, -0.05) is 30.7 Å². The molecule has 192 valence electrons. The molecule has 2 atom stereocenters. The van der Waals surface area contributed by atoms with Gasteiger partial charge in [0.25, 0.3) is 11.4 Å². The van der Waals surface area contributed by atoms with E-state index in [4.69, 9.17) is 9.47 Å². The van der Waals surface area contributed by atoms with Gasteiger partial charge in [-0.15, -0.1) is 0 Å². The van der Waals surface area contributed by atoms with Gasteiger partial charge in [-0.05, 0) is 90.8 Å². The molecule has 0 aromatic heterocycles. The second-order valence-electron chi connectivity index (χ2n) is 9.40. The third kappa shape index (κ3) is 5.98. The van der Waals surface area contributed by atoms with Crippen molar-refractivity contribution >= 4 is 11.4 Å². The van der Waals surface area contributed by atoms with E-state index in [1.54, 1.807) is 24.3 Å². The average Bonchev–Trinajstić information content (AvgIpc) is 2.94. The molecule has 0 N–H and O–H groups in total. The Kier molecular flexibility index (Phi) is 7.31. The lowest BCUT2D eigenvalue weighted by molar-refractivity contribution is -0.385. The smallest absolute Gasteiger partial charge is 0.269 e. The molecule has 8 heteroatoms. The van der Waals surface area contributed by atoms with Crippen LogP contribution < -0.4 is 9.47 Å². The second kappa shape index (κ2) is 11.1. The van der Waals surface area contributed by atoms with Gasteiger partial charge >= 0.3 is 0 Å². The topological polar surface area (TPSA) is 105 Å². The molecule has 1 saturated carbocycles. The van der Waals surface area contributed by atoms with Crippen molar-refractivity contribution in [1.82, 2.24) is 0 Å². The first-order valence-corrected chi connectivity index (χ1v) is 12.5. The van der Waals surface area contributed by atoms with E-state index in [2.05, 4.69) is 24.3 Å². The van der Waals surface area contributed by atoms with Crippen molar-refractivity contribution in [3.05, 3.63) is 128 Å². The fourth-order valence-electron chi connectivity index (χ4n) is 4.96. The average molecular weight is 511 g/mol. The molecule has 1 aliphatic carbocycles. The molecule has 2 unspecified atom stereocenters. The minimum absolute atomic E-state index is 0.0335. The number of hydrogen-bond acceptors (Lipinski definition) is 6. The number of non-ortho nitro benzene ring substituents is 2. The molecule has 0 bridgehead atoms. The van der Waals surface area contributed by atoms with E-state index in [1.165, 1.54) is 35.4 Å². The summed E-state index contributed by atoms with van der Waals surface area (Å²) < 4.78 is 11.7. The van der Waals surface area contributed by atoms with Crippen molar-refractivity contribution in [1.29, 1.82) is 0 Å². The Morgan fingerprint density at radius 3 is 1.16 bits per heavy atom. The van der Waals surface area contributed by atoms with Crippen molar-refractivity contribution in [3.8, 4) is 23.0 Å². The van der Waals surface area contributed by atoms with Gasteiger partial charge in [0.05, 0.1) is 9.85 Å². The molecule has 0 spiro atoms. The van der Waals surface area contributed by atoms with Crippen LogP contribution in [0.5, 0.6) is 23.0 Å². The predicted octanol–water partition coefficient (Wildman–Crippen LogP) is 8.53. The van der Waals surface area contributed by atoms with Crippen LogP contribution in [0.4, 0.5) is 11.4 Å². The van der Waals surface area contributed by atoms with Crippen LogP contribution in [0.15, 0.2) is 97.1 Å². The summed E-state index contributed by atoms with van der Waals surface area (Å²) in [6.07, 6.45) is 4.49. The number of rotatable bonds is 8. The molecular formula is C30H26N2O6. The van der Waals surface area contributed by atoms with Crippen LogP contribution in [-0.4, -0.2) is 9.85 Å². The van der Waals surface area contributed by atoms with Crippen LogP contribution in [0.3, 0.4) is 0 Å². The molecule has 1 fully saturated rings. The molecule has 8 nitrogen and oxygen atoms in total. The normalized spacial score (nSPS) is 16.9. The maximum atomic E-state index is 10.8. The fraction of sp³-hybridized carbons (Fsp3) is 0.200. The SMILES string of the molecule is O=[N+]([O-])c1ccc(Oc2ccc(C3CCCC(c4ccc(Oc5ccc([N+](=O)[O-])cc5)cc4)C3)cc2)cc1. The standard InChI is InChI=1S/C30H26N2O6/c33-31(34)25-8-16-29(17-9-25)37-27-12-4-21(5-13-27)23-2-1-3-24(20-23)22-6-14-28(15-7-22)38-30-18-10-26(11-19-30)32(35)36/h4-19,23-24H,1-3,20H2. The number of ether oxygens (including phenoxy) is 2. The van der Waals surface area contributed by atoms with Crippen molar-refractivity contribution < 1.29 is 19.3 Å². The Balaban J connectivity index is 1.19. The summed E-state index contributed by atoms with van der Waals surface area (Å²) in [5.74, 6) is 3.41. The first-order chi connectivity index (χ1) is 18.4. The largest absolute Gasteiger partial charge is 0.457 e. The summed E-state index contributed by atoms with van der Waals surface area (Å²) in [5.41, 5.74) is 2.63. The quantitative estimate of drug-likeness (QED) is 0.174. The van der Waals surface area contributed by atoms with Crippen molar-refractivity contribution in [2.45, 2.75) is 37.5 Å². The molecule has 4 aromatic carbocycles.